The molecule has 0 aromatic heterocycles. The van der Waals surface area contributed by atoms with Crippen molar-refractivity contribution in [1.29, 1.82) is 0 Å². The van der Waals surface area contributed by atoms with Crippen LogP contribution in [-0.2, 0) is 11.3 Å². The van der Waals surface area contributed by atoms with Crippen molar-refractivity contribution in [2.24, 2.45) is 0 Å². The highest BCUT2D eigenvalue weighted by Gasteiger charge is 2.15. The Morgan fingerprint density at radius 3 is 2.39 bits per heavy atom. The topological polar surface area (TPSA) is 32.3 Å². The monoisotopic (exact) mass is 318 g/mol. The Morgan fingerprint density at radius 2 is 1.78 bits per heavy atom. The van der Waals surface area contributed by atoms with Crippen LogP contribution in [0.2, 0.25) is 0 Å². The van der Waals surface area contributed by atoms with Gasteiger partial charge in [0.25, 0.3) is 0 Å². The third-order valence-corrected chi connectivity index (χ3v) is 3.51. The van der Waals surface area contributed by atoms with E-state index >= 15 is 0 Å². The molecule has 2 aromatic rings. The van der Waals surface area contributed by atoms with Crippen molar-refractivity contribution in [2.75, 3.05) is 11.9 Å². The minimum absolute atomic E-state index is 0.172. The van der Waals surface area contributed by atoms with Crippen LogP contribution < -0.4 is 5.32 Å². The predicted octanol–water partition coefficient (Wildman–Crippen LogP) is 3.81. The van der Waals surface area contributed by atoms with Gasteiger partial charge in [0, 0.05) is 24.3 Å². The Hall–Kier alpha value is -2.27. The predicted molar refractivity (Wildman–Crippen MR) is 87.0 cm³/mol. The summed E-state index contributed by atoms with van der Waals surface area (Å²) in [5.74, 6) is -2.18. The number of anilines is 1. The number of halogens is 2. The average Bonchev–Trinajstić information content (AvgIpc) is 2.51. The van der Waals surface area contributed by atoms with Crippen LogP contribution in [0.3, 0.4) is 0 Å². The molecular formula is C18H20F2N2O. The summed E-state index contributed by atoms with van der Waals surface area (Å²) in [7, 11) is 0. The van der Waals surface area contributed by atoms with Gasteiger partial charge in [-0.15, -0.1) is 0 Å². The number of nitrogens with one attached hydrogen (secondary N) is 1. The van der Waals surface area contributed by atoms with Crippen LogP contribution in [0.25, 0.3) is 0 Å². The van der Waals surface area contributed by atoms with E-state index in [-0.39, 0.29) is 24.2 Å². The maximum atomic E-state index is 13.2. The fourth-order valence-corrected chi connectivity index (χ4v) is 2.20. The van der Waals surface area contributed by atoms with Crippen molar-refractivity contribution in [2.45, 2.75) is 26.4 Å². The molecule has 2 rings (SSSR count). The molecule has 0 spiro atoms. The van der Waals surface area contributed by atoms with Crippen molar-refractivity contribution in [3.8, 4) is 0 Å². The first kappa shape index (κ1) is 17.1. The maximum Gasteiger partial charge on any atom is 0.238 e. The number of benzene rings is 2. The van der Waals surface area contributed by atoms with Gasteiger partial charge in [-0.05, 0) is 31.5 Å². The highest BCUT2D eigenvalue weighted by molar-refractivity contribution is 5.92. The van der Waals surface area contributed by atoms with Gasteiger partial charge in [-0.25, -0.2) is 8.78 Å². The summed E-state index contributed by atoms with van der Waals surface area (Å²) >= 11 is 0. The molecule has 0 atom stereocenters. The minimum Gasteiger partial charge on any atom is -0.325 e. The molecule has 0 saturated heterocycles. The quantitative estimate of drug-likeness (QED) is 0.878. The lowest BCUT2D eigenvalue weighted by molar-refractivity contribution is -0.117. The summed E-state index contributed by atoms with van der Waals surface area (Å²) in [6.07, 6.45) is 0. The second-order valence-electron chi connectivity index (χ2n) is 5.66. The molecule has 23 heavy (non-hydrogen) atoms. The van der Waals surface area contributed by atoms with Gasteiger partial charge in [-0.3, -0.25) is 9.69 Å². The molecule has 0 radical (unpaired) electrons. The van der Waals surface area contributed by atoms with E-state index in [1.54, 1.807) is 0 Å². The number of hydrogen-bond donors (Lipinski definition) is 1. The second-order valence-corrected chi connectivity index (χ2v) is 5.66. The maximum absolute atomic E-state index is 13.2. The van der Waals surface area contributed by atoms with Crippen molar-refractivity contribution in [3.05, 3.63) is 65.7 Å². The molecule has 0 saturated carbocycles. The van der Waals surface area contributed by atoms with Crippen LogP contribution in [0, 0.1) is 11.6 Å². The van der Waals surface area contributed by atoms with E-state index in [0.717, 1.165) is 17.7 Å². The van der Waals surface area contributed by atoms with Gasteiger partial charge in [-0.1, -0.05) is 30.3 Å². The smallest absolute Gasteiger partial charge is 0.238 e. The van der Waals surface area contributed by atoms with E-state index in [1.165, 1.54) is 6.07 Å². The number of carbonyl (C=O) groups is 1. The van der Waals surface area contributed by atoms with Gasteiger partial charge in [0.1, 0.15) is 0 Å². The second kappa shape index (κ2) is 7.83. The lowest BCUT2D eigenvalue weighted by atomic mass is 10.2. The van der Waals surface area contributed by atoms with Gasteiger partial charge in [-0.2, -0.15) is 0 Å². The number of hydrogen-bond acceptors (Lipinski definition) is 2. The number of amides is 1. The van der Waals surface area contributed by atoms with Crippen LogP contribution >= 0.6 is 0 Å². The SMILES string of the molecule is CC(C)N(CC(=O)Nc1ccc(F)c(F)c1)Cc1ccccc1. The van der Waals surface area contributed by atoms with Crippen LogP contribution in [0.1, 0.15) is 19.4 Å². The third kappa shape index (κ3) is 5.14. The summed E-state index contributed by atoms with van der Waals surface area (Å²) in [6.45, 7) is 4.83. The Bertz CT molecular complexity index is 659. The Labute approximate surface area is 134 Å². The molecule has 0 bridgehead atoms. The van der Waals surface area contributed by atoms with Gasteiger partial charge >= 0.3 is 0 Å². The molecule has 1 N–H and O–H groups in total. The molecule has 122 valence electrons. The zero-order chi connectivity index (χ0) is 16.8. The fourth-order valence-electron chi connectivity index (χ4n) is 2.20. The third-order valence-electron chi connectivity index (χ3n) is 3.51. The Balaban J connectivity index is 1.99. The Morgan fingerprint density at radius 1 is 1.09 bits per heavy atom. The standard InChI is InChI=1S/C18H20F2N2O/c1-13(2)22(11-14-6-4-3-5-7-14)12-18(23)21-15-8-9-16(19)17(20)10-15/h3-10,13H,11-12H2,1-2H3,(H,21,23). The van der Waals surface area contributed by atoms with Crippen molar-refractivity contribution in [3.63, 3.8) is 0 Å². The molecule has 0 aliphatic rings. The van der Waals surface area contributed by atoms with Crippen LogP contribution in [0.15, 0.2) is 48.5 Å². The lowest BCUT2D eigenvalue weighted by Crippen LogP contribution is -2.37. The van der Waals surface area contributed by atoms with Gasteiger partial charge in [0.15, 0.2) is 11.6 Å². The van der Waals surface area contributed by atoms with E-state index in [0.29, 0.717) is 6.54 Å². The molecule has 2 aromatic carbocycles. The zero-order valence-electron chi connectivity index (χ0n) is 13.2. The van der Waals surface area contributed by atoms with Gasteiger partial charge in [0.05, 0.1) is 6.54 Å². The van der Waals surface area contributed by atoms with E-state index in [2.05, 4.69) is 5.32 Å². The summed E-state index contributed by atoms with van der Waals surface area (Å²) in [5, 5.41) is 2.59. The summed E-state index contributed by atoms with van der Waals surface area (Å²) in [4.78, 5) is 14.1. The number of carbonyl (C=O) groups excluding carboxylic acids is 1. The fraction of sp³-hybridized carbons (Fsp3) is 0.278. The van der Waals surface area contributed by atoms with Gasteiger partial charge < -0.3 is 5.32 Å². The average molecular weight is 318 g/mol. The van der Waals surface area contributed by atoms with E-state index in [1.807, 2.05) is 49.1 Å². The van der Waals surface area contributed by atoms with Crippen molar-refractivity contribution < 1.29 is 13.6 Å². The molecule has 0 aliphatic heterocycles. The molecule has 1 amide bonds. The lowest BCUT2D eigenvalue weighted by Gasteiger charge is -2.26. The first-order valence-electron chi connectivity index (χ1n) is 7.48. The Kier molecular flexibility index (Phi) is 5.82. The van der Waals surface area contributed by atoms with E-state index in [4.69, 9.17) is 0 Å². The number of nitrogens with zero attached hydrogens (tertiary/aromatic N) is 1. The minimum atomic E-state index is -0.979. The van der Waals surface area contributed by atoms with Crippen LogP contribution in [0.4, 0.5) is 14.5 Å². The highest BCUT2D eigenvalue weighted by Crippen LogP contribution is 2.14. The molecule has 0 heterocycles. The molecule has 0 aliphatic carbocycles. The van der Waals surface area contributed by atoms with E-state index < -0.39 is 11.6 Å². The van der Waals surface area contributed by atoms with E-state index in [9.17, 15) is 13.6 Å². The first-order valence-corrected chi connectivity index (χ1v) is 7.48. The molecular weight excluding hydrogens is 298 g/mol. The molecule has 3 nitrogen and oxygen atoms in total. The van der Waals surface area contributed by atoms with Crippen LogP contribution in [-0.4, -0.2) is 23.4 Å². The molecule has 0 unspecified atom stereocenters. The number of rotatable bonds is 6. The van der Waals surface area contributed by atoms with Crippen molar-refractivity contribution >= 4 is 11.6 Å². The highest BCUT2D eigenvalue weighted by atomic mass is 19.2. The molecule has 0 fully saturated rings. The summed E-state index contributed by atoms with van der Waals surface area (Å²) in [5.41, 5.74) is 1.36. The largest absolute Gasteiger partial charge is 0.325 e. The summed E-state index contributed by atoms with van der Waals surface area (Å²) < 4.78 is 26.1. The van der Waals surface area contributed by atoms with Crippen LogP contribution in [0.5, 0.6) is 0 Å². The van der Waals surface area contributed by atoms with Gasteiger partial charge in [0.2, 0.25) is 5.91 Å². The summed E-state index contributed by atoms with van der Waals surface area (Å²) in [6, 6.07) is 13.3. The first-order chi connectivity index (χ1) is 11.0. The normalized spacial score (nSPS) is 11.0. The zero-order valence-corrected chi connectivity index (χ0v) is 13.2. The van der Waals surface area contributed by atoms with Crippen molar-refractivity contribution in [1.82, 2.24) is 4.90 Å². The molecule has 5 heteroatoms.